The van der Waals surface area contributed by atoms with E-state index in [0.29, 0.717) is 6.42 Å². The van der Waals surface area contributed by atoms with Crippen molar-refractivity contribution in [3.05, 3.63) is 95.6 Å². The largest absolute Gasteiger partial charge is 0.207 e. The minimum atomic E-state index is -0.240. The number of rotatable bonds is 0. The zero-order valence-electron chi connectivity index (χ0n) is 14.4. The molecule has 0 unspecified atom stereocenters. The number of hydrogen-bond donors (Lipinski definition) is 0. The maximum atomic E-state index is 13.2. The predicted octanol–water partition coefficient (Wildman–Crippen LogP) is 6.06. The fourth-order valence-electron chi connectivity index (χ4n) is 2.93. The fourth-order valence-corrected chi connectivity index (χ4v) is 2.93. The van der Waals surface area contributed by atoms with Crippen LogP contribution in [0.4, 0.5) is 8.78 Å². The van der Waals surface area contributed by atoms with Crippen LogP contribution in [0.25, 0.3) is 21.5 Å². The maximum Gasteiger partial charge on any atom is 0.123 e. The van der Waals surface area contributed by atoms with E-state index in [0.717, 1.165) is 32.7 Å². The fraction of sp³-hybridized carbons (Fsp3) is 0.0400. The third-order valence-electron chi connectivity index (χ3n) is 4.25. The van der Waals surface area contributed by atoms with Crippen LogP contribution in [0.5, 0.6) is 0 Å². The molecule has 0 aromatic heterocycles. The first kappa shape index (κ1) is 16.8. The van der Waals surface area contributed by atoms with Crippen molar-refractivity contribution < 1.29 is 8.78 Å². The number of benzene rings is 4. The van der Waals surface area contributed by atoms with E-state index in [1.54, 1.807) is 12.1 Å². The van der Waals surface area contributed by atoms with Crippen molar-refractivity contribution in [2.24, 2.45) is 0 Å². The van der Waals surface area contributed by atoms with Crippen LogP contribution in [0.3, 0.4) is 0 Å². The molecule has 0 aliphatic heterocycles. The lowest BCUT2D eigenvalue weighted by Gasteiger charge is -1.98. The topological polar surface area (TPSA) is 0 Å². The highest BCUT2D eigenvalue weighted by Gasteiger charge is 1.97. The van der Waals surface area contributed by atoms with Crippen molar-refractivity contribution in [3.8, 4) is 23.7 Å². The second-order valence-corrected chi connectivity index (χ2v) is 6.19. The van der Waals surface area contributed by atoms with Crippen molar-refractivity contribution >= 4 is 21.5 Å². The highest BCUT2D eigenvalue weighted by molar-refractivity contribution is 5.84. The second kappa shape index (κ2) is 7.32. The van der Waals surface area contributed by atoms with Gasteiger partial charge in [-0.3, -0.25) is 0 Å². The van der Waals surface area contributed by atoms with Gasteiger partial charge in [0.2, 0.25) is 0 Å². The molecule has 0 saturated carbocycles. The molecule has 0 heterocycles. The van der Waals surface area contributed by atoms with Gasteiger partial charge in [-0.2, -0.15) is 0 Å². The van der Waals surface area contributed by atoms with Gasteiger partial charge in [-0.15, -0.1) is 0 Å². The lowest BCUT2D eigenvalue weighted by Crippen LogP contribution is -1.79. The van der Waals surface area contributed by atoms with Gasteiger partial charge in [0.1, 0.15) is 11.6 Å². The molecule has 4 aromatic rings. The van der Waals surface area contributed by atoms with Gasteiger partial charge in [0.05, 0.1) is 6.42 Å². The Hall–Kier alpha value is -3.62. The standard InChI is InChI=1S/C25H14F2/c26-24-12-10-20-14-18(6-8-22(20)16-24)4-2-1-3-5-19-7-9-23-17-25(27)13-11-21(23)15-19/h6-17H,1H2. The van der Waals surface area contributed by atoms with E-state index in [2.05, 4.69) is 23.7 Å². The van der Waals surface area contributed by atoms with Gasteiger partial charge < -0.3 is 0 Å². The van der Waals surface area contributed by atoms with Crippen molar-refractivity contribution in [1.82, 2.24) is 0 Å². The zero-order valence-corrected chi connectivity index (χ0v) is 14.4. The highest BCUT2D eigenvalue weighted by Crippen LogP contribution is 2.18. The van der Waals surface area contributed by atoms with Crippen LogP contribution < -0.4 is 0 Å². The van der Waals surface area contributed by atoms with Gasteiger partial charge in [-0.05, 0) is 70.1 Å². The summed E-state index contributed by atoms with van der Waals surface area (Å²) in [6.45, 7) is 0. The Labute approximate surface area is 156 Å². The van der Waals surface area contributed by atoms with Gasteiger partial charge >= 0.3 is 0 Å². The molecule has 0 saturated heterocycles. The lowest BCUT2D eigenvalue weighted by molar-refractivity contribution is 0.629. The Morgan fingerprint density at radius 2 is 0.926 bits per heavy atom. The minimum absolute atomic E-state index is 0.240. The van der Waals surface area contributed by atoms with Crippen LogP contribution in [0.2, 0.25) is 0 Å². The van der Waals surface area contributed by atoms with Crippen molar-refractivity contribution in [3.63, 3.8) is 0 Å². The number of fused-ring (bicyclic) bond motifs is 2. The van der Waals surface area contributed by atoms with E-state index in [-0.39, 0.29) is 11.6 Å². The molecule has 0 amide bonds. The Morgan fingerprint density at radius 3 is 1.41 bits per heavy atom. The number of hydrogen-bond acceptors (Lipinski definition) is 0. The molecule has 128 valence electrons. The summed E-state index contributed by atoms with van der Waals surface area (Å²) >= 11 is 0. The molecule has 2 heteroatoms. The van der Waals surface area contributed by atoms with Crippen LogP contribution in [0.15, 0.2) is 72.8 Å². The summed E-state index contributed by atoms with van der Waals surface area (Å²) in [6, 6.07) is 20.8. The quantitative estimate of drug-likeness (QED) is 0.337. The van der Waals surface area contributed by atoms with Gasteiger partial charge in [0.25, 0.3) is 0 Å². The molecule has 27 heavy (non-hydrogen) atoms. The highest BCUT2D eigenvalue weighted by atomic mass is 19.1. The van der Waals surface area contributed by atoms with Crippen molar-refractivity contribution in [2.75, 3.05) is 0 Å². The van der Waals surface area contributed by atoms with Crippen LogP contribution in [-0.2, 0) is 0 Å². The Morgan fingerprint density at radius 1 is 0.519 bits per heavy atom. The maximum absolute atomic E-state index is 13.2. The smallest absolute Gasteiger partial charge is 0.123 e. The summed E-state index contributed by atoms with van der Waals surface area (Å²) in [5.74, 6) is 11.8. The number of halogens is 2. The summed E-state index contributed by atoms with van der Waals surface area (Å²) in [5.41, 5.74) is 1.76. The Balaban J connectivity index is 1.48. The zero-order chi connectivity index (χ0) is 18.6. The molecule has 4 rings (SSSR count). The van der Waals surface area contributed by atoms with Gasteiger partial charge in [0.15, 0.2) is 0 Å². The van der Waals surface area contributed by atoms with E-state index in [1.165, 1.54) is 24.3 Å². The van der Waals surface area contributed by atoms with Crippen LogP contribution in [-0.4, -0.2) is 0 Å². The summed E-state index contributed by atoms with van der Waals surface area (Å²) in [4.78, 5) is 0. The second-order valence-electron chi connectivity index (χ2n) is 6.19. The first-order chi connectivity index (χ1) is 13.2. The summed E-state index contributed by atoms with van der Waals surface area (Å²) < 4.78 is 26.4. The van der Waals surface area contributed by atoms with Crippen LogP contribution in [0, 0.1) is 35.3 Å². The Kier molecular flexibility index (Phi) is 4.56. The molecule has 0 radical (unpaired) electrons. The molecule has 0 spiro atoms. The predicted molar refractivity (Wildman–Crippen MR) is 106 cm³/mol. The van der Waals surface area contributed by atoms with Gasteiger partial charge in [0, 0.05) is 11.1 Å². The monoisotopic (exact) mass is 352 g/mol. The Bertz CT molecular complexity index is 1180. The van der Waals surface area contributed by atoms with Crippen molar-refractivity contribution in [2.45, 2.75) is 6.42 Å². The minimum Gasteiger partial charge on any atom is -0.207 e. The van der Waals surface area contributed by atoms with E-state index in [1.807, 2.05) is 36.4 Å². The average molecular weight is 352 g/mol. The molecule has 0 nitrogen and oxygen atoms in total. The van der Waals surface area contributed by atoms with E-state index < -0.39 is 0 Å². The molecule has 4 aromatic carbocycles. The molecule has 0 fully saturated rings. The first-order valence-electron chi connectivity index (χ1n) is 8.54. The van der Waals surface area contributed by atoms with Crippen LogP contribution in [0.1, 0.15) is 17.5 Å². The van der Waals surface area contributed by atoms with E-state index in [4.69, 9.17) is 0 Å². The van der Waals surface area contributed by atoms with E-state index in [9.17, 15) is 8.78 Å². The molecule has 0 bridgehead atoms. The van der Waals surface area contributed by atoms with Gasteiger partial charge in [-0.25, -0.2) is 8.78 Å². The molecular weight excluding hydrogens is 338 g/mol. The SMILES string of the molecule is Fc1ccc2cc(C#CCC#Cc3ccc4cc(F)ccc4c3)ccc2c1. The van der Waals surface area contributed by atoms with E-state index >= 15 is 0 Å². The lowest BCUT2D eigenvalue weighted by atomic mass is 10.1. The van der Waals surface area contributed by atoms with Gasteiger partial charge in [-0.1, -0.05) is 47.9 Å². The normalized spacial score (nSPS) is 10.1. The van der Waals surface area contributed by atoms with Crippen LogP contribution >= 0.6 is 0 Å². The molecule has 0 aliphatic rings. The molecular formula is C25H14F2. The molecule has 0 N–H and O–H groups in total. The third-order valence-corrected chi connectivity index (χ3v) is 4.25. The average Bonchev–Trinajstić information content (AvgIpc) is 2.68. The van der Waals surface area contributed by atoms with Crippen molar-refractivity contribution in [1.29, 1.82) is 0 Å². The summed E-state index contributed by atoms with van der Waals surface area (Å²) in [5, 5.41) is 3.64. The molecule has 0 atom stereocenters. The first-order valence-corrected chi connectivity index (χ1v) is 8.54. The summed E-state index contributed by atoms with van der Waals surface area (Å²) in [6.07, 6.45) is 0.447. The molecule has 0 aliphatic carbocycles. The third kappa shape index (κ3) is 3.97. The summed E-state index contributed by atoms with van der Waals surface area (Å²) in [7, 11) is 0.